The van der Waals surface area contributed by atoms with Crippen molar-refractivity contribution in [2.24, 2.45) is 0 Å². The molecule has 2 aliphatic rings. The Hall–Kier alpha value is -9.90. The monoisotopic (exact) mass is 1240 g/mol. The third kappa shape index (κ3) is 13.6. The summed E-state index contributed by atoms with van der Waals surface area (Å²) in [5, 5.41) is 9.42. The number of methoxy groups -OCH3 is 2. The summed E-state index contributed by atoms with van der Waals surface area (Å²) in [6.45, 7) is 9.46. The molecule has 8 bridgehead atoms. The van der Waals surface area contributed by atoms with Crippen molar-refractivity contribution < 1.29 is 32.7 Å². The minimum absolute atomic E-state index is 0.131. The first-order chi connectivity index (χ1) is 45.1. The molecule has 2 aliphatic heterocycles. The van der Waals surface area contributed by atoms with Crippen LogP contribution in [-0.2, 0) is 19.4 Å². The number of hydrogen-bond donors (Lipinski definition) is 2. The van der Waals surface area contributed by atoms with E-state index in [9.17, 15) is 5.26 Å². The average Bonchev–Trinajstić information content (AvgIpc) is 0.858. The SMILES string of the molecule is COc1ccc(C(OCCOc2cc(OCCOP(OCCC#N)N(C(C)C)C(C)C)cc(-c3c4nc(c(-c5ccccc5)c5ccc([nH]5)c(-c5ccccc5)c5nc(c(-c6ccccc6)c6ccc3[nH]6)C=C5)C=C4)c2)(c2ccccc2)c2ccc(OC)cc2)cc1. The van der Waals surface area contributed by atoms with Gasteiger partial charge in [-0.3, -0.25) is 0 Å². The van der Waals surface area contributed by atoms with Gasteiger partial charge in [-0.15, -0.1) is 0 Å². The Morgan fingerprint density at radius 1 is 0.424 bits per heavy atom. The summed E-state index contributed by atoms with van der Waals surface area (Å²) in [7, 11) is 1.82. The Kier molecular flexibility index (Phi) is 19.6. The van der Waals surface area contributed by atoms with Gasteiger partial charge in [-0.2, -0.15) is 5.26 Å². The third-order valence-corrected chi connectivity index (χ3v) is 18.3. The molecule has 0 saturated heterocycles. The summed E-state index contributed by atoms with van der Waals surface area (Å²) in [5.74, 6) is 2.54. The first-order valence-electron chi connectivity index (χ1n) is 31.1. The van der Waals surface area contributed by atoms with Crippen molar-refractivity contribution >= 4 is 54.9 Å². The number of H-pyrrole nitrogens is 2. The van der Waals surface area contributed by atoms with Crippen LogP contribution in [0.4, 0.5) is 0 Å². The zero-order valence-corrected chi connectivity index (χ0v) is 53.4. The van der Waals surface area contributed by atoms with Crippen molar-refractivity contribution in [3.63, 3.8) is 0 Å². The van der Waals surface area contributed by atoms with Gasteiger partial charge in [-0.25, -0.2) is 14.6 Å². The fraction of sp³-hybridized carbons (Fsp3) is 0.192. The van der Waals surface area contributed by atoms with Gasteiger partial charge in [0.25, 0.3) is 8.53 Å². The van der Waals surface area contributed by atoms with Crippen molar-refractivity contribution in [3.05, 3.63) is 252 Å². The van der Waals surface area contributed by atoms with E-state index in [0.29, 0.717) is 11.5 Å². The highest BCUT2D eigenvalue weighted by Gasteiger charge is 2.38. The normalized spacial score (nSPS) is 12.3. The summed E-state index contributed by atoms with van der Waals surface area (Å²) >= 11 is 0. The summed E-state index contributed by atoms with van der Waals surface area (Å²) < 4.78 is 47.3. The number of nitrogens with zero attached hydrogens (tertiary/aromatic N) is 4. The predicted molar refractivity (Wildman–Crippen MR) is 371 cm³/mol. The van der Waals surface area contributed by atoms with E-state index < -0.39 is 14.1 Å². The Labute approximate surface area is 539 Å². The summed E-state index contributed by atoms with van der Waals surface area (Å²) in [6.07, 6.45) is 8.67. The van der Waals surface area contributed by atoms with Crippen LogP contribution in [0, 0.1) is 11.3 Å². The van der Waals surface area contributed by atoms with E-state index in [1.165, 1.54) is 0 Å². The predicted octanol–water partition coefficient (Wildman–Crippen LogP) is 18.4. The van der Waals surface area contributed by atoms with Crippen molar-refractivity contribution in [2.45, 2.75) is 51.8 Å². The smallest absolute Gasteiger partial charge is 0.259 e. The maximum Gasteiger partial charge on any atom is 0.259 e. The van der Waals surface area contributed by atoms with Crippen LogP contribution >= 0.6 is 8.53 Å². The number of aromatic nitrogens is 4. The van der Waals surface area contributed by atoms with Gasteiger partial charge in [0.2, 0.25) is 0 Å². The maximum absolute atomic E-state index is 9.42. The first kappa shape index (κ1) is 62.3. The van der Waals surface area contributed by atoms with E-state index in [1.807, 2.05) is 103 Å². The standard InChI is InChI=1S/C78H73N6O7P/c1-53(2)84(54(3)4)92(90-45-19-44-79)91-49-47-88-65-51-58(50-64(52-65)87-46-48-89-78(59-26-17-10-18-27-59,60-28-32-62(85-5)33-29-60)61-30-34-63(86-6)35-31-61)77-72-42-40-70(82-72)75(56-22-13-8-14-23-56)68-38-36-66(80-68)74(55-20-11-7-12-21-55)67-37-39-69(81-67)76(57-24-15-9-16-25-57)71-41-43-73(77)83-71/h7-18,20-43,50-54,80,83H,19,45-49H2,1-6H3. The summed E-state index contributed by atoms with van der Waals surface area (Å²) in [4.78, 5) is 18.9. The second kappa shape index (κ2) is 28.9. The van der Waals surface area contributed by atoms with Crippen LogP contribution in [-0.4, -0.2) is 83.9 Å². The second-order valence-corrected chi connectivity index (χ2v) is 24.2. The molecule has 14 heteroatoms. The van der Waals surface area contributed by atoms with Gasteiger partial charge in [0.15, 0.2) is 0 Å². The molecule has 3 aromatic heterocycles. The lowest BCUT2D eigenvalue weighted by molar-refractivity contribution is -0.00247. The van der Waals surface area contributed by atoms with Gasteiger partial charge in [-0.1, -0.05) is 146 Å². The Balaban J connectivity index is 1.02. The molecule has 0 amide bonds. The number of fused-ring (bicyclic) bond motifs is 8. The van der Waals surface area contributed by atoms with Gasteiger partial charge in [-0.05, 0) is 152 Å². The van der Waals surface area contributed by atoms with Crippen LogP contribution < -0.4 is 18.9 Å². The zero-order chi connectivity index (χ0) is 63.4. The van der Waals surface area contributed by atoms with Crippen LogP contribution in [0.25, 0.3) is 90.9 Å². The second-order valence-electron chi connectivity index (χ2n) is 22.7. The molecule has 10 aromatic rings. The lowest BCUT2D eigenvalue weighted by atomic mass is 9.80. The molecule has 92 heavy (non-hydrogen) atoms. The number of rotatable bonds is 25. The van der Waals surface area contributed by atoms with Crippen molar-refractivity contribution in [2.75, 3.05) is 47.3 Å². The lowest BCUT2D eigenvalue weighted by Crippen LogP contribution is -2.34. The van der Waals surface area contributed by atoms with E-state index in [0.717, 1.165) is 118 Å². The Bertz CT molecular complexity index is 4340. The number of hydrogen-bond acceptors (Lipinski definition) is 11. The van der Waals surface area contributed by atoms with E-state index in [4.69, 9.17) is 42.7 Å². The lowest BCUT2D eigenvalue weighted by Gasteiger charge is -2.36. The van der Waals surface area contributed by atoms with Crippen molar-refractivity contribution in [1.82, 2.24) is 24.6 Å². The molecule has 0 radical (unpaired) electrons. The molecule has 0 saturated carbocycles. The average molecular weight is 1240 g/mol. The molecule has 13 nitrogen and oxygen atoms in total. The Morgan fingerprint density at radius 2 is 0.793 bits per heavy atom. The number of ether oxygens (including phenoxy) is 5. The number of aromatic amines is 2. The minimum Gasteiger partial charge on any atom is -0.497 e. The van der Waals surface area contributed by atoms with Crippen LogP contribution in [0.2, 0.25) is 0 Å². The minimum atomic E-state index is -1.51. The highest BCUT2D eigenvalue weighted by Crippen LogP contribution is 2.47. The van der Waals surface area contributed by atoms with E-state index >= 15 is 0 Å². The molecule has 12 rings (SSSR count). The van der Waals surface area contributed by atoms with E-state index in [2.05, 4.69) is 182 Å². The molecule has 1 atom stereocenters. The highest BCUT2D eigenvalue weighted by molar-refractivity contribution is 7.44. The molecular formula is C78H73N6O7P. The van der Waals surface area contributed by atoms with Crippen LogP contribution in [0.5, 0.6) is 23.0 Å². The van der Waals surface area contributed by atoms with Gasteiger partial charge >= 0.3 is 0 Å². The molecule has 2 N–H and O–H groups in total. The molecule has 1 unspecified atom stereocenters. The van der Waals surface area contributed by atoms with Crippen molar-refractivity contribution in [1.29, 1.82) is 5.26 Å². The zero-order valence-electron chi connectivity index (χ0n) is 52.5. The van der Waals surface area contributed by atoms with Gasteiger partial charge in [0.05, 0.1) is 69.3 Å². The molecule has 462 valence electrons. The van der Waals surface area contributed by atoms with Crippen LogP contribution in [0.15, 0.2) is 212 Å². The van der Waals surface area contributed by atoms with Crippen LogP contribution in [0.3, 0.4) is 0 Å². The number of benzene rings is 7. The van der Waals surface area contributed by atoms with Gasteiger partial charge < -0.3 is 42.7 Å². The topological polar surface area (TPSA) is 149 Å². The molecule has 0 fully saturated rings. The Morgan fingerprint density at radius 3 is 1.18 bits per heavy atom. The molecular weight excluding hydrogens is 1160 g/mol. The largest absolute Gasteiger partial charge is 0.497 e. The molecule has 5 heterocycles. The highest BCUT2D eigenvalue weighted by atomic mass is 31.2. The van der Waals surface area contributed by atoms with E-state index in [-0.39, 0.29) is 51.5 Å². The van der Waals surface area contributed by atoms with Gasteiger partial charge in [0, 0.05) is 62.5 Å². The fourth-order valence-electron chi connectivity index (χ4n) is 12.1. The first-order valence-corrected chi connectivity index (χ1v) is 32.2. The summed E-state index contributed by atoms with van der Waals surface area (Å²) in [5.41, 5.74) is 15.8. The van der Waals surface area contributed by atoms with Crippen LogP contribution in [0.1, 0.15) is 73.6 Å². The van der Waals surface area contributed by atoms with E-state index in [1.54, 1.807) is 14.2 Å². The molecule has 0 spiro atoms. The van der Waals surface area contributed by atoms with Gasteiger partial charge in [0.1, 0.15) is 41.8 Å². The molecule has 7 aromatic carbocycles. The quantitative estimate of drug-likeness (QED) is 0.0320. The number of nitriles is 1. The third-order valence-electron chi connectivity index (χ3n) is 16.2. The van der Waals surface area contributed by atoms with Crippen molar-refractivity contribution in [3.8, 4) is 73.6 Å². The maximum atomic E-state index is 9.42. The fourth-order valence-corrected chi connectivity index (χ4v) is 13.7. The number of nitrogens with one attached hydrogen (secondary N) is 2. The summed E-state index contributed by atoms with van der Waals surface area (Å²) in [6, 6.07) is 74.4. The molecule has 0 aliphatic carbocycles.